The lowest BCUT2D eigenvalue weighted by Gasteiger charge is -2.07. The molecule has 3 aromatic carbocycles. The maximum atomic E-state index is 13.5. The normalized spacial score (nSPS) is 11.4. The number of oxazole rings is 1. The molecule has 0 aliphatic carbocycles. The third kappa shape index (κ3) is 5.39. The van der Waals surface area contributed by atoms with Crippen LogP contribution < -0.4 is 9.47 Å². The second-order valence-corrected chi connectivity index (χ2v) is 7.42. The Balaban J connectivity index is 1.70. The maximum Gasteiger partial charge on any atom is 0.231 e. The summed E-state index contributed by atoms with van der Waals surface area (Å²) in [6.45, 7) is 6.77. The number of benzene rings is 3. The molecule has 5 nitrogen and oxygen atoms in total. The first-order chi connectivity index (χ1) is 16.2. The summed E-state index contributed by atoms with van der Waals surface area (Å²) >= 11 is 0. The van der Waals surface area contributed by atoms with Gasteiger partial charge in [0.25, 0.3) is 0 Å². The molecule has 1 heterocycles. The molecule has 0 saturated heterocycles. The number of allylic oxidation sites excluding steroid dienone is 1. The largest absolute Gasteiger partial charge is 0.494 e. The minimum absolute atomic E-state index is 0.185. The molecule has 0 bridgehead atoms. The van der Waals surface area contributed by atoms with Crippen molar-refractivity contribution in [3.05, 3.63) is 102 Å². The Hall–Kier alpha value is -4.12. The summed E-state index contributed by atoms with van der Waals surface area (Å²) in [5, 5.41) is 0. The predicted octanol–water partition coefficient (Wildman–Crippen LogP) is 6.60. The van der Waals surface area contributed by atoms with E-state index in [0.717, 1.165) is 23.5 Å². The second kappa shape index (κ2) is 10.5. The molecule has 0 N–H and O–H groups in total. The molecule has 0 atom stereocenters. The lowest BCUT2D eigenvalue weighted by Crippen LogP contribution is -2.04. The van der Waals surface area contributed by atoms with Gasteiger partial charge in [0.15, 0.2) is 11.4 Å². The fourth-order valence-corrected chi connectivity index (χ4v) is 3.27. The smallest absolute Gasteiger partial charge is 0.231 e. The van der Waals surface area contributed by atoms with Crippen LogP contribution in [0.4, 0.5) is 0 Å². The fraction of sp³-hybridized carbons (Fsp3) is 0.143. The van der Waals surface area contributed by atoms with E-state index in [1.807, 2.05) is 55.5 Å². The van der Waals surface area contributed by atoms with Crippen LogP contribution in [0.2, 0.25) is 0 Å². The summed E-state index contributed by atoms with van der Waals surface area (Å²) < 4.78 is 17.1. The summed E-state index contributed by atoms with van der Waals surface area (Å²) in [6, 6.07) is 22.0. The number of ketones is 1. The Labute approximate surface area is 193 Å². The topological polar surface area (TPSA) is 61.6 Å². The SMILES string of the molecule is C=CCOc1ccc(/C=C(/C(=O)c2ccc(OCCC)cc2)c2nc3ccccc3o2)cc1. The van der Waals surface area contributed by atoms with Crippen molar-refractivity contribution in [2.24, 2.45) is 0 Å². The van der Waals surface area contributed by atoms with Gasteiger partial charge in [0.2, 0.25) is 5.89 Å². The van der Waals surface area contributed by atoms with E-state index < -0.39 is 0 Å². The van der Waals surface area contributed by atoms with E-state index >= 15 is 0 Å². The van der Waals surface area contributed by atoms with Crippen molar-refractivity contribution in [3.8, 4) is 11.5 Å². The number of aromatic nitrogens is 1. The van der Waals surface area contributed by atoms with Crippen LogP contribution in [0.25, 0.3) is 22.7 Å². The Bertz CT molecular complexity index is 1230. The van der Waals surface area contributed by atoms with Gasteiger partial charge in [-0.3, -0.25) is 4.79 Å². The molecule has 33 heavy (non-hydrogen) atoms. The lowest BCUT2D eigenvalue weighted by atomic mass is 10.0. The summed E-state index contributed by atoms with van der Waals surface area (Å²) in [7, 11) is 0. The van der Waals surface area contributed by atoms with E-state index in [-0.39, 0.29) is 11.7 Å². The van der Waals surface area contributed by atoms with E-state index in [2.05, 4.69) is 11.6 Å². The maximum absolute atomic E-state index is 13.5. The summed E-state index contributed by atoms with van der Waals surface area (Å²) in [6.07, 6.45) is 4.39. The zero-order chi connectivity index (χ0) is 23.0. The summed E-state index contributed by atoms with van der Waals surface area (Å²) in [5.74, 6) is 1.55. The van der Waals surface area contributed by atoms with Gasteiger partial charge in [-0.1, -0.05) is 43.8 Å². The number of ether oxygens (including phenoxy) is 2. The van der Waals surface area contributed by atoms with Gasteiger partial charge >= 0.3 is 0 Å². The van der Waals surface area contributed by atoms with Crippen LogP contribution in [0.5, 0.6) is 11.5 Å². The molecule has 166 valence electrons. The molecule has 4 aromatic rings. The van der Waals surface area contributed by atoms with Crippen LogP contribution in [0.15, 0.2) is 89.9 Å². The highest BCUT2D eigenvalue weighted by Gasteiger charge is 2.20. The minimum atomic E-state index is -0.185. The van der Waals surface area contributed by atoms with Crippen molar-refractivity contribution in [2.45, 2.75) is 13.3 Å². The van der Waals surface area contributed by atoms with Crippen LogP contribution in [0, 0.1) is 0 Å². The van der Waals surface area contributed by atoms with Gasteiger partial charge in [-0.25, -0.2) is 4.98 Å². The standard InChI is InChI=1S/C28H25NO4/c1-3-17-31-22-13-9-20(10-14-22)19-24(28-29-25-7-5-6-8-26(25)33-28)27(30)21-11-15-23(16-12-21)32-18-4-2/h3,5-16,19H,1,4,17-18H2,2H3/b24-19-. The molecular weight excluding hydrogens is 414 g/mol. The Morgan fingerprint density at radius 2 is 1.67 bits per heavy atom. The molecule has 0 amide bonds. The molecule has 1 aromatic heterocycles. The van der Waals surface area contributed by atoms with Crippen LogP contribution in [0.3, 0.4) is 0 Å². The average Bonchev–Trinajstić information content (AvgIpc) is 3.29. The van der Waals surface area contributed by atoms with Crippen molar-refractivity contribution in [1.29, 1.82) is 0 Å². The van der Waals surface area contributed by atoms with Crippen molar-refractivity contribution in [2.75, 3.05) is 13.2 Å². The molecule has 0 saturated carbocycles. The number of Topliss-reactive ketones (excluding diaryl/α,β-unsaturated/α-hetero) is 1. The van der Waals surface area contributed by atoms with Crippen molar-refractivity contribution >= 4 is 28.5 Å². The van der Waals surface area contributed by atoms with Crippen molar-refractivity contribution in [3.63, 3.8) is 0 Å². The first-order valence-corrected chi connectivity index (χ1v) is 10.9. The van der Waals surface area contributed by atoms with Gasteiger partial charge in [-0.05, 0) is 66.6 Å². The number of para-hydroxylation sites is 2. The third-order valence-corrected chi connectivity index (χ3v) is 4.92. The quantitative estimate of drug-likeness (QED) is 0.158. The van der Waals surface area contributed by atoms with E-state index in [1.165, 1.54) is 0 Å². The number of carbonyl (C=O) groups is 1. The number of rotatable bonds is 10. The van der Waals surface area contributed by atoms with E-state index in [0.29, 0.717) is 35.5 Å². The molecular formula is C28H25NO4. The Morgan fingerprint density at radius 3 is 2.36 bits per heavy atom. The highest BCUT2D eigenvalue weighted by Crippen LogP contribution is 2.27. The van der Waals surface area contributed by atoms with E-state index in [9.17, 15) is 4.79 Å². The van der Waals surface area contributed by atoms with E-state index in [4.69, 9.17) is 13.9 Å². The molecule has 4 rings (SSSR count). The monoisotopic (exact) mass is 439 g/mol. The average molecular weight is 440 g/mol. The lowest BCUT2D eigenvalue weighted by molar-refractivity contribution is 0.105. The second-order valence-electron chi connectivity index (χ2n) is 7.42. The van der Waals surface area contributed by atoms with Gasteiger partial charge in [0, 0.05) is 5.56 Å². The molecule has 0 spiro atoms. The minimum Gasteiger partial charge on any atom is -0.494 e. The highest BCUT2D eigenvalue weighted by atomic mass is 16.5. The first-order valence-electron chi connectivity index (χ1n) is 10.9. The fourth-order valence-electron chi connectivity index (χ4n) is 3.27. The van der Waals surface area contributed by atoms with Crippen LogP contribution in [0.1, 0.15) is 35.2 Å². The van der Waals surface area contributed by atoms with Crippen LogP contribution >= 0.6 is 0 Å². The number of nitrogens with zero attached hydrogens (tertiary/aromatic N) is 1. The Morgan fingerprint density at radius 1 is 0.970 bits per heavy atom. The van der Waals surface area contributed by atoms with Crippen molar-refractivity contribution < 1.29 is 18.7 Å². The van der Waals surface area contributed by atoms with Gasteiger partial charge in [-0.15, -0.1) is 0 Å². The molecule has 0 unspecified atom stereocenters. The first kappa shape index (κ1) is 22.1. The predicted molar refractivity (Wildman–Crippen MR) is 131 cm³/mol. The molecule has 0 fully saturated rings. The third-order valence-electron chi connectivity index (χ3n) is 4.92. The zero-order valence-corrected chi connectivity index (χ0v) is 18.5. The van der Waals surface area contributed by atoms with Gasteiger partial charge in [0.05, 0.1) is 12.2 Å². The van der Waals surface area contributed by atoms with Gasteiger partial charge in [-0.2, -0.15) is 0 Å². The summed E-state index contributed by atoms with van der Waals surface area (Å²) in [4.78, 5) is 18.1. The van der Waals surface area contributed by atoms with Crippen LogP contribution in [-0.4, -0.2) is 24.0 Å². The Kier molecular flexibility index (Phi) is 7.00. The number of hydrogen-bond donors (Lipinski definition) is 0. The molecule has 5 heteroatoms. The molecule has 0 radical (unpaired) electrons. The number of hydrogen-bond acceptors (Lipinski definition) is 5. The van der Waals surface area contributed by atoms with Crippen molar-refractivity contribution in [1.82, 2.24) is 4.98 Å². The number of fused-ring (bicyclic) bond motifs is 1. The molecule has 0 aliphatic heterocycles. The van der Waals surface area contributed by atoms with Gasteiger partial charge < -0.3 is 13.9 Å². The highest BCUT2D eigenvalue weighted by molar-refractivity contribution is 6.31. The van der Waals surface area contributed by atoms with Gasteiger partial charge in [0.1, 0.15) is 23.6 Å². The number of carbonyl (C=O) groups excluding carboxylic acids is 1. The zero-order valence-electron chi connectivity index (χ0n) is 18.5. The molecule has 0 aliphatic rings. The summed E-state index contributed by atoms with van der Waals surface area (Å²) in [5.41, 5.74) is 3.05. The van der Waals surface area contributed by atoms with Crippen LogP contribution in [-0.2, 0) is 0 Å². The van der Waals surface area contributed by atoms with E-state index in [1.54, 1.807) is 36.4 Å².